The van der Waals surface area contributed by atoms with E-state index in [2.05, 4.69) is 11.9 Å². The van der Waals surface area contributed by atoms with Crippen molar-refractivity contribution in [2.45, 2.75) is 18.9 Å². The third-order valence-electron chi connectivity index (χ3n) is 2.44. The summed E-state index contributed by atoms with van der Waals surface area (Å²) in [6, 6.07) is -1.84. The van der Waals surface area contributed by atoms with Gasteiger partial charge in [-0.1, -0.05) is 6.08 Å². The minimum atomic E-state index is -1.27. The van der Waals surface area contributed by atoms with Crippen molar-refractivity contribution in [3.05, 3.63) is 12.7 Å². The van der Waals surface area contributed by atoms with Crippen molar-refractivity contribution in [1.29, 1.82) is 0 Å². The SMILES string of the molecule is C=CCN(CCOC)C(=O)N[C@@H](CCC(=O)O)C(=O)O. The fourth-order valence-electron chi connectivity index (χ4n) is 1.40. The third kappa shape index (κ3) is 7.37. The molecule has 0 aromatic carbocycles. The fourth-order valence-corrected chi connectivity index (χ4v) is 1.40. The van der Waals surface area contributed by atoms with Crippen molar-refractivity contribution in [1.82, 2.24) is 10.2 Å². The van der Waals surface area contributed by atoms with E-state index in [0.717, 1.165) is 0 Å². The van der Waals surface area contributed by atoms with Crippen molar-refractivity contribution in [2.75, 3.05) is 26.8 Å². The van der Waals surface area contributed by atoms with Gasteiger partial charge in [0.2, 0.25) is 0 Å². The zero-order chi connectivity index (χ0) is 15.5. The molecule has 20 heavy (non-hydrogen) atoms. The first-order chi connectivity index (χ1) is 9.42. The molecule has 0 fully saturated rings. The highest BCUT2D eigenvalue weighted by Crippen LogP contribution is 2.00. The Labute approximate surface area is 117 Å². The standard InChI is InChI=1S/C12H20N2O6/c1-3-6-14(7-8-20-2)12(19)13-9(11(17)18)4-5-10(15)16/h3,9H,1,4-8H2,2H3,(H,13,19)(H,15,16)(H,17,18)/t9-/m0/s1. The van der Waals surface area contributed by atoms with Gasteiger partial charge in [-0.05, 0) is 6.42 Å². The smallest absolute Gasteiger partial charge is 0.326 e. The van der Waals surface area contributed by atoms with Crippen LogP contribution in [0.15, 0.2) is 12.7 Å². The van der Waals surface area contributed by atoms with E-state index >= 15 is 0 Å². The molecule has 0 rings (SSSR count). The molecule has 8 nitrogen and oxygen atoms in total. The van der Waals surface area contributed by atoms with Crippen LogP contribution in [-0.4, -0.2) is 65.9 Å². The number of nitrogens with one attached hydrogen (secondary N) is 1. The molecule has 3 N–H and O–H groups in total. The minimum absolute atomic E-state index is 0.178. The normalized spacial score (nSPS) is 11.4. The molecule has 114 valence electrons. The maximum atomic E-state index is 11.9. The summed E-state index contributed by atoms with van der Waals surface area (Å²) >= 11 is 0. The molecule has 0 unspecified atom stereocenters. The largest absolute Gasteiger partial charge is 0.481 e. The van der Waals surface area contributed by atoms with E-state index in [1.807, 2.05) is 0 Å². The van der Waals surface area contributed by atoms with Crippen LogP contribution in [0.25, 0.3) is 0 Å². The monoisotopic (exact) mass is 288 g/mol. The zero-order valence-electron chi connectivity index (χ0n) is 11.4. The number of carboxylic acid groups (broad SMARTS) is 2. The molecule has 0 spiro atoms. The van der Waals surface area contributed by atoms with E-state index in [-0.39, 0.29) is 25.9 Å². The Morgan fingerprint density at radius 3 is 2.50 bits per heavy atom. The lowest BCUT2D eigenvalue weighted by Crippen LogP contribution is -2.49. The van der Waals surface area contributed by atoms with Gasteiger partial charge in [0.1, 0.15) is 6.04 Å². The second kappa shape index (κ2) is 9.79. The summed E-state index contributed by atoms with van der Waals surface area (Å²) < 4.78 is 4.85. The first kappa shape index (κ1) is 17.9. The van der Waals surface area contributed by atoms with Crippen LogP contribution in [0.1, 0.15) is 12.8 Å². The van der Waals surface area contributed by atoms with Crippen molar-refractivity contribution in [3.8, 4) is 0 Å². The highest BCUT2D eigenvalue weighted by atomic mass is 16.5. The highest BCUT2D eigenvalue weighted by molar-refractivity contribution is 5.83. The van der Waals surface area contributed by atoms with Crippen LogP contribution in [0.2, 0.25) is 0 Å². The molecular weight excluding hydrogens is 268 g/mol. The second-order valence-electron chi connectivity index (χ2n) is 4.00. The molecule has 0 aromatic heterocycles. The van der Waals surface area contributed by atoms with Crippen LogP contribution >= 0.6 is 0 Å². The van der Waals surface area contributed by atoms with Gasteiger partial charge in [-0.15, -0.1) is 6.58 Å². The maximum absolute atomic E-state index is 11.9. The molecule has 8 heteroatoms. The molecule has 1 atom stereocenters. The van der Waals surface area contributed by atoms with E-state index in [4.69, 9.17) is 14.9 Å². The van der Waals surface area contributed by atoms with Gasteiger partial charge in [-0.3, -0.25) is 4.79 Å². The van der Waals surface area contributed by atoms with Gasteiger partial charge in [0.05, 0.1) is 6.61 Å². The number of ether oxygens (including phenoxy) is 1. The van der Waals surface area contributed by atoms with Crippen LogP contribution in [0.4, 0.5) is 4.79 Å². The van der Waals surface area contributed by atoms with Crippen molar-refractivity contribution < 1.29 is 29.3 Å². The summed E-state index contributed by atoms with van der Waals surface area (Å²) in [5.41, 5.74) is 0. The van der Waals surface area contributed by atoms with Crippen LogP contribution in [0, 0.1) is 0 Å². The number of amides is 2. The number of urea groups is 1. The number of methoxy groups -OCH3 is 1. The Morgan fingerprint density at radius 1 is 1.40 bits per heavy atom. The van der Waals surface area contributed by atoms with Crippen molar-refractivity contribution in [3.63, 3.8) is 0 Å². The minimum Gasteiger partial charge on any atom is -0.481 e. The highest BCUT2D eigenvalue weighted by Gasteiger charge is 2.23. The Kier molecular flexibility index (Phi) is 8.77. The summed E-state index contributed by atoms with van der Waals surface area (Å²) in [7, 11) is 1.48. The number of hydrogen-bond acceptors (Lipinski definition) is 4. The molecular formula is C12H20N2O6. The van der Waals surface area contributed by atoms with Gasteiger partial charge in [0, 0.05) is 26.6 Å². The summed E-state index contributed by atoms with van der Waals surface area (Å²) in [4.78, 5) is 34.6. The van der Waals surface area contributed by atoms with Crippen LogP contribution in [0.5, 0.6) is 0 Å². The van der Waals surface area contributed by atoms with Gasteiger partial charge >= 0.3 is 18.0 Å². The van der Waals surface area contributed by atoms with Gasteiger partial charge < -0.3 is 25.2 Å². The van der Waals surface area contributed by atoms with Crippen molar-refractivity contribution >= 4 is 18.0 Å². The van der Waals surface area contributed by atoms with Crippen LogP contribution in [-0.2, 0) is 14.3 Å². The second-order valence-corrected chi connectivity index (χ2v) is 4.00. The van der Waals surface area contributed by atoms with Gasteiger partial charge in [0.25, 0.3) is 0 Å². The molecule has 0 radical (unpaired) electrons. The molecule has 0 heterocycles. The number of carboxylic acids is 2. The Balaban J connectivity index is 4.56. The molecule has 0 aliphatic rings. The zero-order valence-corrected chi connectivity index (χ0v) is 11.4. The Bertz CT molecular complexity index is 358. The third-order valence-corrected chi connectivity index (χ3v) is 2.44. The molecule has 0 aliphatic carbocycles. The number of rotatable bonds is 10. The van der Waals surface area contributed by atoms with E-state index in [0.29, 0.717) is 6.61 Å². The summed E-state index contributed by atoms with van der Waals surface area (Å²) in [5, 5.41) is 19.8. The first-order valence-corrected chi connectivity index (χ1v) is 6.02. The van der Waals surface area contributed by atoms with E-state index < -0.39 is 24.0 Å². The summed E-state index contributed by atoms with van der Waals surface area (Å²) in [6.07, 6.45) is 0.988. The van der Waals surface area contributed by atoms with E-state index in [9.17, 15) is 14.4 Å². The predicted molar refractivity (Wildman–Crippen MR) is 70.5 cm³/mol. The molecule has 0 saturated carbocycles. The quantitative estimate of drug-likeness (QED) is 0.493. The number of hydrogen-bond donors (Lipinski definition) is 3. The lowest BCUT2D eigenvalue weighted by atomic mass is 10.1. The van der Waals surface area contributed by atoms with Gasteiger partial charge in [-0.25, -0.2) is 9.59 Å². The Morgan fingerprint density at radius 2 is 2.05 bits per heavy atom. The van der Waals surface area contributed by atoms with Crippen LogP contribution < -0.4 is 5.32 Å². The average molecular weight is 288 g/mol. The molecule has 0 aliphatic heterocycles. The number of carbonyl (C=O) groups excluding carboxylic acids is 1. The fraction of sp³-hybridized carbons (Fsp3) is 0.583. The van der Waals surface area contributed by atoms with Gasteiger partial charge in [0.15, 0.2) is 0 Å². The van der Waals surface area contributed by atoms with Crippen LogP contribution in [0.3, 0.4) is 0 Å². The van der Waals surface area contributed by atoms with E-state index in [1.54, 1.807) is 0 Å². The lowest BCUT2D eigenvalue weighted by Gasteiger charge is -2.23. The maximum Gasteiger partial charge on any atom is 0.326 e. The summed E-state index contributed by atoms with van der Waals surface area (Å²) in [5.74, 6) is -2.39. The molecule has 0 saturated heterocycles. The number of carbonyl (C=O) groups is 3. The predicted octanol–water partition coefficient (Wildman–Crippen LogP) is 0.148. The first-order valence-electron chi connectivity index (χ1n) is 6.02. The number of aliphatic carboxylic acids is 2. The number of nitrogens with zero attached hydrogens (tertiary/aromatic N) is 1. The van der Waals surface area contributed by atoms with Gasteiger partial charge in [-0.2, -0.15) is 0 Å². The Hall–Kier alpha value is -2.09. The molecule has 2 amide bonds. The van der Waals surface area contributed by atoms with Crippen molar-refractivity contribution in [2.24, 2.45) is 0 Å². The van der Waals surface area contributed by atoms with E-state index in [1.165, 1.54) is 18.1 Å². The molecule has 0 bridgehead atoms. The molecule has 0 aromatic rings. The topological polar surface area (TPSA) is 116 Å². The summed E-state index contributed by atoms with van der Waals surface area (Å²) in [6.45, 7) is 4.32. The average Bonchev–Trinajstić information content (AvgIpc) is 2.38. The lowest BCUT2D eigenvalue weighted by molar-refractivity contribution is -0.140.